The van der Waals surface area contributed by atoms with Crippen molar-refractivity contribution in [2.45, 2.75) is 19.5 Å². The molecule has 0 saturated heterocycles. The molecule has 22 heavy (non-hydrogen) atoms. The van der Waals surface area contributed by atoms with Crippen LogP contribution in [0.3, 0.4) is 0 Å². The first-order valence-corrected chi connectivity index (χ1v) is 6.46. The summed E-state index contributed by atoms with van der Waals surface area (Å²) >= 11 is 0. The molecule has 9 heteroatoms. The van der Waals surface area contributed by atoms with E-state index < -0.39 is 12.1 Å². The molecule has 1 heterocycles. The molecule has 6 nitrogen and oxygen atoms in total. The molecule has 0 unspecified atom stereocenters. The van der Waals surface area contributed by atoms with Crippen molar-refractivity contribution in [3.05, 3.63) is 35.7 Å². The molecule has 0 fully saturated rings. The van der Waals surface area contributed by atoms with Crippen molar-refractivity contribution < 1.29 is 22.5 Å². The maximum absolute atomic E-state index is 12.4. The van der Waals surface area contributed by atoms with Gasteiger partial charge in [-0.3, -0.25) is 10.2 Å². The molecule has 2 aromatic rings. The normalized spacial score (nSPS) is 11.5. The van der Waals surface area contributed by atoms with Crippen LogP contribution in [0.25, 0.3) is 11.4 Å². The topological polar surface area (TPSA) is 80.0 Å². The molecule has 0 radical (unpaired) electrons. The van der Waals surface area contributed by atoms with E-state index in [2.05, 4.69) is 25.5 Å². The van der Waals surface area contributed by atoms with Crippen molar-refractivity contribution in [2.24, 2.45) is 0 Å². The molecule has 1 aromatic carbocycles. The SMILES string of the molecule is CCCNNC(=O)c1ccc(-c2noc(C(F)(F)F)n2)cc1. The third-order valence-electron chi connectivity index (χ3n) is 2.65. The lowest BCUT2D eigenvalue weighted by Crippen LogP contribution is -2.37. The van der Waals surface area contributed by atoms with E-state index in [1.54, 1.807) is 0 Å². The van der Waals surface area contributed by atoms with Gasteiger partial charge >= 0.3 is 12.1 Å². The molecule has 0 aliphatic rings. The Morgan fingerprint density at radius 2 is 1.95 bits per heavy atom. The number of carbonyl (C=O) groups is 1. The Bertz CT molecular complexity index is 637. The first kappa shape index (κ1) is 16.0. The molecule has 0 saturated carbocycles. The highest BCUT2D eigenvalue weighted by Gasteiger charge is 2.38. The number of nitrogens with zero attached hydrogens (tertiary/aromatic N) is 2. The third-order valence-corrected chi connectivity index (χ3v) is 2.65. The van der Waals surface area contributed by atoms with Gasteiger partial charge in [0, 0.05) is 17.7 Å². The first-order chi connectivity index (χ1) is 10.4. The second kappa shape index (κ2) is 6.56. The molecule has 0 bridgehead atoms. The number of nitrogens with one attached hydrogen (secondary N) is 2. The smallest absolute Gasteiger partial charge is 0.329 e. The Morgan fingerprint density at radius 3 is 2.50 bits per heavy atom. The van der Waals surface area contributed by atoms with Crippen molar-refractivity contribution in [2.75, 3.05) is 6.54 Å². The molecule has 2 N–H and O–H groups in total. The molecule has 0 aliphatic heterocycles. The standard InChI is InChI=1S/C13H13F3N4O2/c1-2-7-17-19-11(21)9-5-3-8(4-6-9)10-18-12(22-20-10)13(14,15)16/h3-6,17H,2,7H2,1H3,(H,19,21). The summed E-state index contributed by atoms with van der Waals surface area (Å²) < 4.78 is 41.3. The molecule has 118 valence electrons. The predicted molar refractivity (Wildman–Crippen MR) is 70.5 cm³/mol. The van der Waals surface area contributed by atoms with Crippen LogP contribution in [0.15, 0.2) is 28.8 Å². The van der Waals surface area contributed by atoms with Crippen LogP contribution in [-0.4, -0.2) is 22.6 Å². The van der Waals surface area contributed by atoms with E-state index in [0.717, 1.165) is 6.42 Å². The van der Waals surface area contributed by atoms with Gasteiger partial charge in [-0.1, -0.05) is 24.2 Å². The van der Waals surface area contributed by atoms with Crippen LogP contribution in [-0.2, 0) is 6.18 Å². The number of hydrogen-bond acceptors (Lipinski definition) is 5. The van der Waals surface area contributed by atoms with E-state index in [9.17, 15) is 18.0 Å². The quantitative estimate of drug-likeness (QED) is 0.654. The second-order valence-electron chi connectivity index (χ2n) is 4.38. The van der Waals surface area contributed by atoms with Gasteiger partial charge in [-0.25, -0.2) is 5.43 Å². The molecular weight excluding hydrogens is 301 g/mol. The van der Waals surface area contributed by atoms with Crippen LogP contribution in [0.2, 0.25) is 0 Å². The summed E-state index contributed by atoms with van der Waals surface area (Å²) in [5.74, 6) is -1.94. The van der Waals surface area contributed by atoms with Crippen LogP contribution < -0.4 is 10.9 Å². The fourth-order valence-corrected chi connectivity index (χ4v) is 1.57. The summed E-state index contributed by atoms with van der Waals surface area (Å²) in [4.78, 5) is 15.0. The summed E-state index contributed by atoms with van der Waals surface area (Å²) in [6.45, 7) is 2.58. The molecule has 0 aliphatic carbocycles. The van der Waals surface area contributed by atoms with E-state index in [0.29, 0.717) is 17.7 Å². The number of rotatable bonds is 5. The van der Waals surface area contributed by atoms with Crippen LogP contribution in [0.5, 0.6) is 0 Å². The number of carbonyl (C=O) groups excluding carboxylic acids is 1. The number of halogens is 3. The number of alkyl halides is 3. The van der Waals surface area contributed by atoms with Crippen molar-refractivity contribution >= 4 is 5.91 Å². The van der Waals surface area contributed by atoms with E-state index in [1.165, 1.54) is 24.3 Å². The van der Waals surface area contributed by atoms with Gasteiger partial charge in [0.05, 0.1) is 0 Å². The fourth-order valence-electron chi connectivity index (χ4n) is 1.57. The molecular formula is C13H13F3N4O2. The van der Waals surface area contributed by atoms with Gasteiger partial charge in [-0.2, -0.15) is 18.2 Å². The Balaban J connectivity index is 2.08. The Kier molecular flexibility index (Phi) is 4.76. The van der Waals surface area contributed by atoms with Crippen LogP contribution in [0, 0.1) is 0 Å². The summed E-state index contributed by atoms with van der Waals surface area (Å²) in [5.41, 5.74) is 5.90. The summed E-state index contributed by atoms with van der Waals surface area (Å²) in [7, 11) is 0. The minimum Gasteiger partial charge on any atom is -0.329 e. The van der Waals surface area contributed by atoms with E-state index >= 15 is 0 Å². The number of aromatic nitrogens is 2. The average Bonchev–Trinajstić information content (AvgIpc) is 2.97. The molecule has 1 aromatic heterocycles. The highest BCUT2D eigenvalue weighted by atomic mass is 19.4. The number of benzene rings is 1. The van der Waals surface area contributed by atoms with Gasteiger partial charge in [-0.05, 0) is 18.6 Å². The maximum Gasteiger partial charge on any atom is 0.471 e. The highest BCUT2D eigenvalue weighted by molar-refractivity contribution is 5.94. The number of amides is 1. The maximum atomic E-state index is 12.4. The lowest BCUT2D eigenvalue weighted by atomic mass is 10.1. The highest BCUT2D eigenvalue weighted by Crippen LogP contribution is 2.29. The second-order valence-corrected chi connectivity index (χ2v) is 4.38. The van der Waals surface area contributed by atoms with Gasteiger partial charge in [-0.15, -0.1) is 0 Å². The van der Waals surface area contributed by atoms with E-state index in [4.69, 9.17) is 0 Å². The molecule has 1 amide bonds. The minimum absolute atomic E-state index is 0.191. The van der Waals surface area contributed by atoms with Crippen molar-refractivity contribution in [1.82, 2.24) is 21.0 Å². The largest absolute Gasteiger partial charge is 0.471 e. The summed E-state index contributed by atoms with van der Waals surface area (Å²) in [6.07, 6.45) is -3.82. The van der Waals surface area contributed by atoms with Crippen LogP contribution in [0.1, 0.15) is 29.6 Å². The number of hydrogen-bond donors (Lipinski definition) is 2. The number of hydrazine groups is 1. The van der Waals surface area contributed by atoms with Crippen LogP contribution in [0.4, 0.5) is 13.2 Å². The predicted octanol–water partition coefficient (Wildman–Crippen LogP) is 2.40. The Morgan fingerprint density at radius 1 is 1.27 bits per heavy atom. The van der Waals surface area contributed by atoms with Gasteiger partial charge in [0.25, 0.3) is 5.91 Å². The summed E-state index contributed by atoms with van der Waals surface area (Å²) in [6, 6.07) is 5.81. The minimum atomic E-state index is -4.68. The average molecular weight is 314 g/mol. The lowest BCUT2D eigenvalue weighted by molar-refractivity contribution is -0.159. The third kappa shape index (κ3) is 3.82. The van der Waals surface area contributed by atoms with Crippen LogP contribution >= 0.6 is 0 Å². The fraction of sp³-hybridized carbons (Fsp3) is 0.308. The monoisotopic (exact) mass is 314 g/mol. The van der Waals surface area contributed by atoms with Gasteiger partial charge in [0.2, 0.25) is 5.82 Å². The Hall–Kier alpha value is -2.42. The Labute approximate surface area is 123 Å². The zero-order valence-corrected chi connectivity index (χ0v) is 11.6. The molecule has 0 spiro atoms. The molecule has 0 atom stereocenters. The zero-order chi connectivity index (χ0) is 16.2. The van der Waals surface area contributed by atoms with Crippen molar-refractivity contribution in [3.8, 4) is 11.4 Å². The van der Waals surface area contributed by atoms with Crippen molar-refractivity contribution in [3.63, 3.8) is 0 Å². The van der Waals surface area contributed by atoms with Gasteiger partial charge in [0.15, 0.2) is 0 Å². The van der Waals surface area contributed by atoms with Gasteiger partial charge in [0.1, 0.15) is 0 Å². The molecule has 2 rings (SSSR count). The zero-order valence-electron chi connectivity index (χ0n) is 11.6. The van der Waals surface area contributed by atoms with Gasteiger partial charge < -0.3 is 4.52 Å². The van der Waals surface area contributed by atoms with E-state index in [-0.39, 0.29) is 11.7 Å². The first-order valence-electron chi connectivity index (χ1n) is 6.46. The van der Waals surface area contributed by atoms with E-state index in [1.807, 2.05) is 6.92 Å². The lowest BCUT2D eigenvalue weighted by Gasteiger charge is -2.05. The summed E-state index contributed by atoms with van der Waals surface area (Å²) in [5, 5.41) is 3.27. The van der Waals surface area contributed by atoms with Crippen molar-refractivity contribution in [1.29, 1.82) is 0 Å².